The smallest absolute Gasteiger partial charge is 0.399 e. The molecule has 0 saturated carbocycles. The first-order valence-electron chi connectivity index (χ1n) is 20.7. The van der Waals surface area contributed by atoms with Gasteiger partial charge in [-0.2, -0.15) is 89.6 Å². The number of nitrogens with one attached hydrogen (secondary N) is 2. The van der Waals surface area contributed by atoms with E-state index in [0.717, 1.165) is 36.4 Å². The maximum absolute atomic E-state index is 12.7. The molecule has 0 amide bonds. The van der Waals surface area contributed by atoms with Gasteiger partial charge in [0.25, 0.3) is 16.8 Å². The average molecular weight is 1080 g/mol. The number of hydrogen-bond acceptors (Lipinski definition) is 9. The monoisotopic (exact) mass is 1080 g/mol. The van der Waals surface area contributed by atoms with E-state index in [0.29, 0.717) is 42.1 Å². The van der Waals surface area contributed by atoms with Crippen molar-refractivity contribution in [1.29, 1.82) is 10.5 Å². The minimum atomic E-state index is -5.92. The molecule has 0 unspecified atom stereocenters. The Morgan fingerprint density at radius 2 is 0.583 bits per heavy atom. The molecule has 0 aromatic heterocycles. The maximum atomic E-state index is 12.7. The first kappa shape index (κ1) is 73.2. The highest BCUT2D eigenvalue weighted by molar-refractivity contribution is 5.50. The number of alkyl halides is 18. The van der Waals surface area contributed by atoms with Crippen LogP contribution in [-0.2, 0) is 16.8 Å². The number of nitriles is 2. The Balaban J connectivity index is -0.000000285. The number of nitrogen functional groups attached to an aromatic ring is 1. The van der Waals surface area contributed by atoms with Crippen molar-refractivity contribution in [2.75, 3.05) is 16.4 Å². The Morgan fingerprint density at radius 1 is 0.389 bits per heavy atom. The van der Waals surface area contributed by atoms with Crippen LogP contribution in [0.25, 0.3) is 0 Å². The van der Waals surface area contributed by atoms with Crippen LogP contribution in [0.2, 0.25) is 0 Å². The molecule has 3 rings (SSSR count). The van der Waals surface area contributed by atoms with Crippen molar-refractivity contribution in [2.45, 2.75) is 161 Å². The molecule has 414 valence electrons. The molecule has 72 heavy (non-hydrogen) atoms. The average Bonchev–Trinajstić information content (AvgIpc) is 3.23. The van der Waals surface area contributed by atoms with E-state index in [1.165, 1.54) is 27.7 Å². The van der Waals surface area contributed by atoms with Crippen LogP contribution in [0.5, 0.6) is 0 Å². The summed E-state index contributed by atoms with van der Waals surface area (Å²) in [5.74, 6) is 0. The van der Waals surface area contributed by atoms with Gasteiger partial charge in [-0.05, 0) is 84.9 Å². The largest absolute Gasteiger partial charge is 1.00 e. The molecule has 0 aliphatic rings. The van der Waals surface area contributed by atoms with Crippen LogP contribution in [-0.4, -0.2) is 74.2 Å². The summed E-state index contributed by atoms with van der Waals surface area (Å²) in [6.45, 7) is 23.2. The Morgan fingerprint density at radius 3 is 0.750 bits per heavy atom. The Bertz CT molecular complexity index is 2050. The Labute approximate surface area is 406 Å². The van der Waals surface area contributed by atoms with Crippen molar-refractivity contribution >= 4 is 17.1 Å². The van der Waals surface area contributed by atoms with Gasteiger partial charge >= 0.3 is 38.5 Å². The van der Waals surface area contributed by atoms with Gasteiger partial charge in [0.2, 0.25) is 0 Å². The first-order chi connectivity index (χ1) is 32.0. The fourth-order valence-electron chi connectivity index (χ4n) is 4.60. The highest BCUT2D eigenvalue weighted by Crippen LogP contribution is 2.52. The molecule has 3 aromatic rings. The Kier molecular flexibility index (Phi) is 27.5. The molecule has 0 fully saturated rings. The topological polar surface area (TPSA) is 179 Å². The van der Waals surface area contributed by atoms with Gasteiger partial charge in [-0.25, -0.2) is 0 Å². The number of anilines is 3. The summed E-state index contributed by atoms with van der Waals surface area (Å²) >= 11 is 0. The van der Waals surface area contributed by atoms with Crippen LogP contribution in [0.4, 0.5) is 96.1 Å². The number of halogens is 18. The number of nitrogens with two attached hydrogens (primary N) is 1. The molecule has 0 bridgehead atoms. The molecule has 0 heterocycles. The molecular formula is C45H60F18N5O4+. The molecule has 0 saturated heterocycles. The standard InChI is InChI=1S/C13H12F6N2O.C13H15F6NO.C9H7F6NO.C4H7NO.3C2H6/c1-10(2,7-20)21-9-5-3-8(4-6-9)11(22,12(14,15)16)13(17,18)19;1-10(2,3)20-9-6-4-8(5-7-9)11(21,12(14,15)16)13(17,18)19;10-8(11,12)7(17,9(13,14)15)5-1-3-6(16)4-2-5;1-4(2,6)3-5;3*1-2/h3-6,21-22H,1-2H3;4-7,20-21H,1-3H3;1-4,17H,16H2;6H,1-2H3;3*1-2H3/p+1. The molecule has 9 nitrogen and oxygen atoms in total. The minimum absolute atomic E-state index is 0. The predicted molar refractivity (Wildman–Crippen MR) is 236 cm³/mol. The summed E-state index contributed by atoms with van der Waals surface area (Å²) in [6, 6.07) is 12.4. The van der Waals surface area contributed by atoms with E-state index < -0.39 is 87.2 Å². The second kappa shape index (κ2) is 27.1. The Hall–Kier alpha value is -5.38. The fourth-order valence-corrected chi connectivity index (χ4v) is 4.60. The summed E-state index contributed by atoms with van der Waals surface area (Å²) in [5.41, 5.74) is -15.7. The lowest BCUT2D eigenvalue weighted by Crippen LogP contribution is -2.53. The van der Waals surface area contributed by atoms with Crippen LogP contribution >= 0.6 is 0 Å². The van der Waals surface area contributed by atoms with Gasteiger partial charge in [0.05, 0.1) is 12.1 Å². The number of rotatable bonds is 6. The molecule has 0 aliphatic heterocycles. The number of benzene rings is 3. The predicted octanol–water partition coefficient (Wildman–Crippen LogP) is 14.0. The molecule has 0 radical (unpaired) electrons. The van der Waals surface area contributed by atoms with E-state index in [2.05, 4.69) is 10.6 Å². The van der Waals surface area contributed by atoms with Crippen molar-refractivity contribution in [3.8, 4) is 12.1 Å². The molecule has 27 heteroatoms. The van der Waals surface area contributed by atoms with Gasteiger partial charge in [0.1, 0.15) is 11.1 Å². The van der Waals surface area contributed by atoms with E-state index in [-0.39, 0.29) is 12.8 Å². The molecule has 0 spiro atoms. The normalized spacial score (nSPS) is 12.7. The van der Waals surface area contributed by atoms with E-state index in [9.17, 15) is 89.2 Å². The molecule has 3 aromatic carbocycles. The summed E-state index contributed by atoms with van der Waals surface area (Å²) in [6.07, 6.45) is -35.3. The summed E-state index contributed by atoms with van der Waals surface area (Å²) in [4.78, 5) is 0. The number of aliphatic hydroxyl groups is 4. The van der Waals surface area contributed by atoms with Crippen LogP contribution in [0.1, 0.15) is 108 Å². The number of hydrogen-bond donors (Lipinski definition) is 7. The SMILES string of the molecule is CC.CC.CC.CC(C)(C#N)Nc1ccc(C(O)(C(F)(F)F)C(F)(F)F)cc1.CC(C)(C)Nc1ccc(C(O)(C(F)(F)F)C(F)(F)F)cc1.CC(C)(O)C#N.Nc1ccc(C(O)(C(F)(F)F)C(F)(F)F)cc1.[H+]. The van der Waals surface area contributed by atoms with Crippen LogP contribution < -0.4 is 16.4 Å². The lowest BCUT2D eigenvalue weighted by Gasteiger charge is -2.33. The quantitative estimate of drug-likeness (QED) is 0.0719. The zero-order valence-electron chi connectivity index (χ0n) is 42.0. The van der Waals surface area contributed by atoms with Crippen molar-refractivity contribution < 1.29 is 101 Å². The van der Waals surface area contributed by atoms with E-state index >= 15 is 0 Å². The van der Waals surface area contributed by atoms with Gasteiger partial charge in [0.15, 0.2) is 0 Å². The third kappa shape index (κ3) is 20.6. The highest BCUT2D eigenvalue weighted by Gasteiger charge is 2.73. The molecule has 8 N–H and O–H groups in total. The summed E-state index contributed by atoms with van der Waals surface area (Å²) in [7, 11) is 0. The molecule has 0 atom stereocenters. The maximum Gasteiger partial charge on any atom is 1.00 e. The minimum Gasteiger partial charge on any atom is -0.399 e. The highest BCUT2D eigenvalue weighted by atomic mass is 19.4. The van der Waals surface area contributed by atoms with Gasteiger partial charge in [0, 0.05) is 39.3 Å². The summed E-state index contributed by atoms with van der Waals surface area (Å²) < 4.78 is 226. The third-order valence-electron chi connectivity index (χ3n) is 7.92. The molecular weight excluding hydrogens is 1020 g/mol. The second-order valence-corrected chi connectivity index (χ2v) is 15.8. The van der Waals surface area contributed by atoms with Crippen molar-refractivity contribution in [3.63, 3.8) is 0 Å². The van der Waals surface area contributed by atoms with Gasteiger partial charge in [-0.3, -0.25) is 0 Å². The third-order valence-corrected chi connectivity index (χ3v) is 7.92. The first-order valence-corrected chi connectivity index (χ1v) is 20.7. The zero-order chi connectivity index (χ0) is 58.8. The van der Waals surface area contributed by atoms with Gasteiger partial charge in [-0.1, -0.05) is 77.9 Å². The number of nitrogens with zero attached hydrogens (tertiary/aromatic N) is 2. The fraction of sp³-hybridized carbons (Fsp3) is 0.556. The van der Waals surface area contributed by atoms with Crippen molar-refractivity contribution in [1.82, 2.24) is 0 Å². The second-order valence-electron chi connectivity index (χ2n) is 15.8. The lowest BCUT2D eigenvalue weighted by molar-refractivity contribution is -0.376. The lowest BCUT2D eigenvalue weighted by atomic mass is 9.92. The van der Waals surface area contributed by atoms with E-state index in [1.807, 2.05) is 47.6 Å². The van der Waals surface area contributed by atoms with Crippen molar-refractivity contribution in [3.05, 3.63) is 89.5 Å². The van der Waals surface area contributed by atoms with Gasteiger partial charge in [-0.15, -0.1) is 0 Å². The van der Waals surface area contributed by atoms with Crippen LogP contribution in [0.15, 0.2) is 72.8 Å². The van der Waals surface area contributed by atoms with E-state index in [1.54, 1.807) is 26.8 Å². The molecule has 0 aliphatic carbocycles. The van der Waals surface area contributed by atoms with Crippen molar-refractivity contribution in [2.24, 2.45) is 0 Å². The van der Waals surface area contributed by atoms with E-state index in [4.69, 9.17) is 26.5 Å². The summed E-state index contributed by atoms with van der Waals surface area (Å²) in [5, 5.41) is 58.0. The zero-order valence-corrected chi connectivity index (χ0v) is 41.0. The van der Waals surface area contributed by atoms with Crippen LogP contribution in [0.3, 0.4) is 0 Å². The van der Waals surface area contributed by atoms with Crippen LogP contribution in [0, 0.1) is 22.7 Å². The van der Waals surface area contributed by atoms with Gasteiger partial charge < -0.3 is 36.8 Å².